The Morgan fingerprint density at radius 2 is 2.60 bits per heavy atom. The third-order valence-corrected chi connectivity index (χ3v) is 1.70. The summed E-state index contributed by atoms with van der Waals surface area (Å²) in [6, 6.07) is 0.0116. The maximum Gasteiger partial charge on any atom is 0.179 e. The van der Waals surface area contributed by atoms with Gasteiger partial charge in [0.05, 0.1) is 6.04 Å². The quantitative estimate of drug-likeness (QED) is 0.572. The Hall–Kier alpha value is -1.05. The van der Waals surface area contributed by atoms with Gasteiger partial charge in [-0.1, -0.05) is 13.5 Å². The lowest BCUT2D eigenvalue weighted by molar-refractivity contribution is -0.116. The van der Waals surface area contributed by atoms with Crippen LogP contribution in [-0.2, 0) is 4.79 Å². The van der Waals surface area contributed by atoms with E-state index >= 15 is 0 Å². The van der Waals surface area contributed by atoms with Gasteiger partial charge in [-0.25, -0.2) is 0 Å². The van der Waals surface area contributed by atoms with Crippen molar-refractivity contribution in [2.45, 2.75) is 19.4 Å². The van der Waals surface area contributed by atoms with Crippen LogP contribution in [0.3, 0.4) is 0 Å². The lowest BCUT2D eigenvalue weighted by Crippen LogP contribution is -2.26. The van der Waals surface area contributed by atoms with Crippen LogP contribution in [0.4, 0.5) is 0 Å². The Labute approximate surface area is 60.8 Å². The fourth-order valence-electron chi connectivity index (χ4n) is 1.12. The standard InChI is InChI=1S/C8H11NO/c1-3-7-8(10)5-6-9(7)4-2/h4-7H,2-3H2,1H3. The molecule has 1 aliphatic rings. The molecule has 0 N–H and O–H groups in total. The maximum absolute atomic E-state index is 11.0. The first kappa shape index (κ1) is 7.06. The molecule has 0 saturated carbocycles. The Morgan fingerprint density at radius 1 is 1.90 bits per heavy atom. The first-order valence-corrected chi connectivity index (χ1v) is 3.41. The minimum atomic E-state index is 0.0116. The van der Waals surface area contributed by atoms with Gasteiger partial charge >= 0.3 is 0 Å². The van der Waals surface area contributed by atoms with E-state index < -0.39 is 0 Å². The molecule has 1 unspecified atom stereocenters. The van der Waals surface area contributed by atoms with Gasteiger partial charge in [-0.2, -0.15) is 0 Å². The lowest BCUT2D eigenvalue weighted by atomic mass is 10.1. The molecule has 0 radical (unpaired) electrons. The molecule has 0 aromatic rings. The number of carbonyl (C=O) groups excluding carboxylic acids is 1. The van der Waals surface area contributed by atoms with Crippen LogP contribution in [0, 0.1) is 0 Å². The van der Waals surface area contributed by atoms with Crippen LogP contribution in [0.1, 0.15) is 13.3 Å². The number of nitrogens with zero attached hydrogens (tertiary/aromatic N) is 1. The highest BCUT2D eigenvalue weighted by molar-refractivity contribution is 5.96. The Balaban J connectivity index is 2.70. The van der Waals surface area contributed by atoms with E-state index in [0.29, 0.717) is 0 Å². The molecule has 0 fully saturated rings. The highest BCUT2D eigenvalue weighted by Crippen LogP contribution is 2.13. The summed E-state index contributed by atoms with van der Waals surface area (Å²) in [5.74, 6) is 0.183. The van der Waals surface area contributed by atoms with Crippen LogP contribution >= 0.6 is 0 Å². The molecule has 1 atom stereocenters. The van der Waals surface area contributed by atoms with Crippen molar-refractivity contribution in [1.29, 1.82) is 0 Å². The van der Waals surface area contributed by atoms with E-state index in [1.165, 1.54) is 0 Å². The van der Waals surface area contributed by atoms with Crippen molar-refractivity contribution >= 4 is 5.78 Å². The van der Waals surface area contributed by atoms with Crippen molar-refractivity contribution in [2.75, 3.05) is 0 Å². The van der Waals surface area contributed by atoms with Gasteiger partial charge in [0.1, 0.15) is 0 Å². The summed E-state index contributed by atoms with van der Waals surface area (Å²) < 4.78 is 0. The zero-order chi connectivity index (χ0) is 7.56. The number of hydrogen-bond donors (Lipinski definition) is 0. The van der Waals surface area contributed by atoms with Gasteiger partial charge in [0, 0.05) is 6.20 Å². The summed E-state index contributed by atoms with van der Waals surface area (Å²) in [5.41, 5.74) is 0. The summed E-state index contributed by atoms with van der Waals surface area (Å²) in [6.45, 7) is 5.59. The smallest absolute Gasteiger partial charge is 0.179 e. The van der Waals surface area contributed by atoms with Gasteiger partial charge in [0.2, 0.25) is 0 Å². The summed E-state index contributed by atoms with van der Waals surface area (Å²) in [5, 5.41) is 0. The van der Waals surface area contributed by atoms with Crippen LogP contribution in [-0.4, -0.2) is 16.7 Å². The van der Waals surface area contributed by atoms with Crippen molar-refractivity contribution in [3.05, 3.63) is 25.1 Å². The summed E-state index contributed by atoms with van der Waals surface area (Å²) >= 11 is 0. The van der Waals surface area contributed by atoms with Crippen molar-refractivity contribution in [1.82, 2.24) is 4.90 Å². The van der Waals surface area contributed by atoms with E-state index in [0.717, 1.165) is 6.42 Å². The summed E-state index contributed by atoms with van der Waals surface area (Å²) in [7, 11) is 0. The molecule has 1 rings (SSSR count). The molecule has 1 aliphatic heterocycles. The van der Waals surface area contributed by atoms with Gasteiger partial charge in [0.15, 0.2) is 5.78 Å². The Morgan fingerprint density at radius 3 is 3.00 bits per heavy atom. The van der Waals surface area contributed by atoms with Crippen LogP contribution in [0.5, 0.6) is 0 Å². The Bertz CT molecular complexity index is 184. The first-order chi connectivity index (χ1) is 4.79. The second-order valence-corrected chi connectivity index (χ2v) is 2.27. The van der Waals surface area contributed by atoms with Gasteiger partial charge in [0.25, 0.3) is 0 Å². The fraction of sp³-hybridized carbons (Fsp3) is 0.375. The minimum Gasteiger partial charge on any atom is -0.344 e. The van der Waals surface area contributed by atoms with Crippen LogP contribution in [0.2, 0.25) is 0 Å². The molecule has 0 aliphatic carbocycles. The van der Waals surface area contributed by atoms with Crippen LogP contribution in [0.25, 0.3) is 0 Å². The van der Waals surface area contributed by atoms with Crippen LogP contribution < -0.4 is 0 Å². The van der Waals surface area contributed by atoms with E-state index in [1.54, 1.807) is 18.5 Å². The molecule has 0 saturated heterocycles. The molecule has 2 heteroatoms. The zero-order valence-electron chi connectivity index (χ0n) is 6.08. The molecular formula is C8H11NO. The number of hydrogen-bond acceptors (Lipinski definition) is 2. The number of ketones is 1. The molecule has 1 heterocycles. The summed E-state index contributed by atoms with van der Waals surface area (Å²) in [4.78, 5) is 12.8. The topological polar surface area (TPSA) is 20.3 Å². The molecule has 0 aromatic heterocycles. The van der Waals surface area contributed by atoms with Gasteiger partial charge in [-0.15, -0.1) is 0 Å². The van der Waals surface area contributed by atoms with Gasteiger partial charge in [-0.05, 0) is 18.7 Å². The number of carbonyl (C=O) groups is 1. The maximum atomic E-state index is 11.0. The predicted molar refractivity (Wildman–Crippen MR) is 40.3 cm³/mol. The van der Waals surface area contributed by atoms with Crippen molar-refractivity contribution in [3.63, 3.8) is 0 Å². The lowest BCUT2D eigenvalue weighted by Gasteiger charge is -2.17. The zero-order valence-corrected chi connectivity index (χ0v) is 6.08. The average molecular weight is 137 g/mol. The average Bonchev–Trinajstić information content (AvgIpc) is 2.30. The molecule has 2 nitrogen and oxygen atoms in total. The van der Waals surface area contributed by atoms with E-state index in [1.807, 2.05) is 11.8 Å². The van der Waals surface area contributed by atoms with E-state index in [2.05, 4.69) is 6.58 Å². The normalized spacial score (nSPS) is 23.9. The third-order valence-electron chi connectivity index (χ3n) is 1.70. The summed E-state index contributed by atoms with van der Waals surface area (Å²) in [6.07, 6.45) is 5.88. The van der Waals surface area contributed by atoms with E-state index in [-0.39, 0.29) is 11.8 Å². The first-order valence-electron chi connectivity index (χ1n) is 3.41. The van der Waals surface area contributed by atoms with E-state index in [9.17, 15) is 4.79 Å². The predicted octanol–water partition coefficient (Wildman–Crippen LogP) is 1.31. The highest BCUT2D eigenvalue weighted by atomic mass is 16.1. The molecule has 54 valence electrons. The molecule has 10 heavy (non-hydrogen) atoms. The largest absolute Gasteiger partial charge is 0.344 e. The van der Waals surface area contributed by atoms with E-state index in [4.69, 9.17) is 0 Å². The third kappa shape index (κ3) is 0.967. The molecule has 0 amide bonds. The van der Waals surface area contributed by atoms with Crippen LogP contribution in [0.15, 0.2) is 25.1 Å². The highest BCUT2D eigenvalue weighted by Gasteiger charge is 2.22. The number of rotatable bonds is 2. The van der Waals surface area contributed by atoms with Crippen molar-refractivity contribution < 1.29 is 4.79 Å². The van der Waals surface area contributed by atoms with Gasteiger partial charge < -0.3 is 4.90 Å². The molecule has 0 spiro atoms. The van der Waals surface area contributed by atoms with Crippen molar-refractivity contribution in [3.8, 4) is 0 Å². The van der Waals surface area contributed by atoms with Gasteiger partial charge in [-0.3, -0.25) is 4.79 Å². The minimum absolute atomic E-state index is 0.0116. The SMILES string of the molecule is C=CN1C=CC(=O)C1CC. The second-order valence-electron chi connectivity index (χ2n) is 2.27. The Kier molecular flexibility index (Phi) is 1.90. The molecule has 0 bridgehead atoms. The molecule has 0 aromatic carbocycles. The molecular weight excluding hydrogens is 126 g/mol. The second kappa shape index (κ2) is 2.69. The van der Waals surface area contributed by atoms with Crippen molar-refractivity contribution in [2.24, 2.45) is 0 Å². The fourth-order valence-corrected chi connectivity index (χ4v) is 1.12. The monoisotopic (exact) mass is 137 g/mol.